The summed E-state index contributed by atoms with van der Waals surface area (Å²) in [6.07, 6.45) is 8.07. The molecule has 0 aromatic carbocycles. The first-order valence-corrected chi connectivity index (χ1v) is 7.26. The Kier molecular flexibility index (Phi) is 3.94. The Morgan fingerprint density at radius 1 is 1.11 bits per heavy atom. The number of likely N-dealkylation sites (N-methyl/N-ethyl adjacent to an activating group) is 1. The number of piperazine rings is 1. The van der Waals surface area contributed by atoms with Gasteiger partial charge in [-0.05, 0) is 26.4 Å². The molecule has 0 bridgehead atoms. The summed E-state index contributed by atoms with van der Waals surface area (Å²) in [5.41, 5.74) is 0. The van der Waals surface area contributed by atoms with Gasteiger partial charge in [-0.3, -0.25) is 9.88 Å². The number of aromatic nitrogens is 2. The maximum atomic E-state index is 4.39. The highest BCUT2D eigenvalue weighted by Gasteiger charge is 2.27. The van der Waals surface area contributed by atoms with E-state index < -0.39 is 0 Å². The number of likely N-dealkylation sites (tertiary alicyclic amines) is 1. The highest BCUT2D eigenvalue weighted by atomic mass is 15.3. The van der Waals surface area contributed by atoms with E-state index in [9.17, 15) is 0 Å². The fraction of sp³-hybridized carbons (Fsp3) is 0.714. The van der Waals surface area contributed by atoms with E-state index in [2.05, 4.69) is 31.7 Å². The van der Waals surface area contributed by atoms with Crippen LogP contribution in [0, 0.1) is 0 Å². The van der Waals surface area contributed by atoms with Gasteiger partial charge in [-0.25, -0.2) is 4.98 Å². The van der Waals surface area contributed by atoms with Crippen molar-refractivity contribution in [2.75, 3.05) is 51.2 Å². The van der Waals surface area contributed by atoms with Crippen LogP contribution in [0.5, 0.6) is 0 Å². The van der Waals surface area contributed by atoms with Crippen LogP contribution in [0.4, 0.5) is 5.82 Å². The minimum Gasteiger partial charge on any atom is -0.353 e. The molecule has 3 heterocycles. The fourth-order valence-corrected chi connectivity index (χ4v) is 3.21. The predicted octanol–water partition coefficient (Wildman–Crippen LogP) is 0.693. The molecule has 1 atom stereocenters. The Labute approximate surface area is 115 Å². The Morgan fingerprint density at radius 2 is 1.95 bits per heavy atom. The number of rotatable bonds is 2. The standard InChI is InChI=1S/C14H23N5/c1-17-6-2-3-13(12-17)18-7-9-19(10-8-18)14-11-15-4-5-16-14/h4-5,11,13H,2-3,6-10,12H2,1H3. The van der Waals surface area contributed by atoms with Crippen LogP contribution in [0.3, 0.4) is 0 Å². The highest BCUT2D eigenvalue weighted by Crippen LogP contribution is 2.18. The lowest BCUT2D eigenvalue weighted by Crippen LogP contribution is -2.54. The molecular weight excluding hydrogens is 238 g/mol. The summed E-state index contributed by atoms with van der Waals surface area (Å²) in [6.45, 7) is 6.92. The molecule has 1 aromatic rings. The van der Waals surface area contributed by atoms with Crippen molar-refractivity contribution in [3.8, 4) is 0 Å². The van der Waals surface area contributed by atoms with Gasteiger partial charge in [-0.15, -0.1) is 0 Å². The van der Waals surface area contributed by atoms with E-state index in [1.165, 1.54) is 25.9 Å². The van der Waals surface area contributed by atoms with E-state index in [0.717, 1.165) is 38.0 Å². The molecule has 2 saturated heterocycles. The molecule has 1 aromatic heterocycles. The van der Waals surface area contributed by atoms with Gasteiger partial charge in [0.15, 0.2) is 0 Å². The van der Waals surface area contributed by atoms with Crippen LogP contribution in [-0.2, 0) is 0 Å². The lowest BCUT2D eigenvalue weighted by atomic mass is 10.0. The van der Waals surface area contributed by atoms with Crippen LogP contribution in [0.25, 0.3) is 0 Å². The van der Waals surface area contributed by atoms with Crippen molar-refractivity contribution < 1.29 is 0 Å². The van der Waals surface area contributed by atoms with E-state index in [0.29, 0.717) is 0 Å². The monoisotopic (exact) mass is 261 g/mol. The molecule has 5 heteroatoms. The number of nitrogens with zero attached hydrogens (tertiary/aromatic N) is 5. The van der Waals surface area contributed by atoms with Gasteiger partial charge >= 0.3 is 0 Å². The molecule has 0 N–H and O–H groups in total. The average molecular weight is 261 g/mol. The van der Waals surface area contributed by atoms with Crippen LogP contribution in [-0.4, -0.2) is 72.1 Å². The molecule has 0 spiro atoms. The van der Waals surface area contributed by atoms with Gasteiger partial charge in [0.1, 0.15) is 5.82 Å². The zero-order valence-corrected chi connectivity index (χ0v) is 11.7. The van der Waals surface area contributed by atoms with Gasteiger partial charge in [-0.1, -0.05) is 0 Å². The summed E-state index contributed by atoms with van der Waals surface area (Å²) in [5.74, 6) is 1.02. The Balaban J connectivity index is 1.54. The molecule has 2 aliphatic rings. The quantitative estimate of drug-likeness (QED) is 0.783. The molecule has 2 aliphatic heterocycles. The number of piperidine rings is 1. The molecule has 2 fully saturated rings. The second-order valence-corrected chi connectivity index (χ2v) is 5.64. The minimum absolute atomic E-state index is 0.753. The van der Waals surface area contributed by atoms with Crippen LogP contribution >= 0.6 is 0 Å². The first kappa shape index (κ1) is 12.8. The van der Waals surface area contributed by atoms with Gasteiger partial charge < -0.3 is 9.80 Å². The maximum Gasteiger partial charge on any atom is 0.147 e. The van der Waals surface area contributed by atoms with E-state index in [4.69, 9.17) is 0 Å². The first-order chi connectivity index (χ1) is 9.33. The molecule has 0 aliphatic carbocycles. The van der Waals surface area contributed by atoms with Crippen LogP contribution in [0.1, 0.15) is 12.8 Å². The summed E-state index contributed by atoms with van der Waals surface area (Å²) in [4.78, 5) is 16.0. The highest BCUT2D eigenvalue weighted by molar-refractivity contribution is 5.35. The van der Waals surface area contributed by atoms with E-state index in [1.807, 2.05) is 6.20 Å². The zero-order valence-electron chi connectivity index (χ0n) is 11.7. The average Bonchev–Trinajstić information content (AvgIpc) is 2.48. The summed E-state index contributed by atoms with van der Waals surface area (Å²) in [6, 6.07) is 0.753. The third-order valence-corrected chi connectivity index (χ3v) is 4.30. The van der Waals surface area contributed by atoms with Crippen molar-refractivity contribution in [1.82, 2.24) is 19.8 Å². The molecule has 0 amide bonds. The van der Waals surface area contributed by atoms with E-state index in [-0.39, 0.29) is 0 Å². The molecule has 0 radical (unpaired) electrons. The normalized spacial score (nSPS) is 26.6. The lowest BCUT2D eigenvalue weighted by molar-refractivity contribution is 0.106. The molecular formula is C14H23N5. The second kappa shape index (κ2) is 5.84. The second-order valence-electron chi connectivity index (χ2n) is 5.64. The maximum absolute atomic E-state index is 4.39. The Bertz CT molecular complexity index is 388. The molecule has 0 saturated carbocycles. The minimum atomic E-state index is 0.753. The summed E-state index contributed by atoms with van der Waals surface area (Å²) in [5, 5.41) is 0. The van der Waals surface area contributed by atoms with Crippen LogP contribution in [0.15, 0.2) is 18.6 Å². The smallest absolute Gasteiger partial charge is 0.147 e. The van der Waals surface area contributed by atoms with Crippen molar-refractivity contribution in [3.63, 3.8) is 0 Å². The third-order valence-electron chi connectivity index (χ3n) is 4.30. The zero-order chi connectivity index (χ0) is 13.1. The van der Waals surface area contributed by atoms with Crippen molar-refractivity contribution in [2.45, 2.75) is 18.9 Å². The molecule has 3 rings (SSSR count). The molecule has 104 valence electrons. The largest absolute Gasteiger partial charge is 0.353 e. The Morgan fingerprint density at radius 3 is 2.63 bits per heavy atom. The van der Waals surface area contributed by atoms with Gasteiger partial charge in [0.2, 0.25) is 0 Å². The summed E-state index contributed by atoms with van der Waals surface area (Å²) < 4.78 is 0. The Hall–Kier alpha value is -1.20. The summed E-state index contributed by atoms with van der Waals surface area (Å²) >= 11 is 0. The lowest BCUT2D eigenvalue weighted by Gasteiger charge is -2.42. The SMILES string of the molecule is CN1CCCC(N2CCN(c3cnccn3)CC2)C1. The number of hydrogen-bond acceptors (Lipinski definition) is 5. The van der Waals surface area contributed by atoms with E-state index >= 15 is 0 Å². The summed E-state index contributed by atoms with van der Waals surface area (Å²) in [7, 11) is 2.24. The van der Waals surface area contributed by atoms with Crippen molar-refractivity contribution >= 4 is 5.82 Å². The molecule has 19 heavy (non-hydrogen) atoms. The van der Waals surface area contributed by atoms with Crippen molar-refractivity contribution in [2.24, 2.45) is 0 Å². The van der Waals surface area contributed by atoms with Crippen LogP contribution in [0.2, 0.25) is 0 Å². The van der Waals surface area contributed by atoms with E-state index in [1.54, 1.807) is 12.4 Å². The molecule has 5 nitrogen and oxygen atoms in total. The van der Waals surface area contributed by atoms with Crippen LogP contribution < -0.4 is 4.90 Å². The number of anilines is 1. The van der Waals surface area contributed by atoms with Gasteiger partial charge in [0, 0.05) is 51.2 Å². The van der Waals surface area contributed by atoms with Gasteiger partial charge in [0.05, 0.1) is 6.20 Å². The van der Waals surface area contributed by atoms with Gasteiger partial charge in [-0.2, -0.15) is 0 Å². The number of hydrogen-bond donors (Lipinski definition) is 0. The van der Waals surface area contributed by atoms with Crippen molar-refractivity contribution in [1.29, 1.82) is 0 Å². The molecule has 1 unspecified atom stereocenters. The predicted molar refractivity (Wildman–Crippen MR) is 76.3 cm³/mol. The fourth-order valence-electron chi connectivity index (χ4n) is 3.21. The topological polar surface area (TPSA) is 35.5 Å². The third kappa shape index (κ3) is 3.04. The van der Waals surface area contributed by atoms with Gasteiger partial charge in [0.25, 0.3) is 0 Å². The first-order valence-electron chi connectivity index (χ1n) is 7.26. The van der Waals surface area contributed by atoms with Crippen molar-refractivity contribution in [3.05, 3.63) is 18.6 Å².